The standard InChI is InChI=1S/C18H19N3O2S/c1-13-14(2)21(12-15-7-6-10-20-11-15)18(19)17(13)24(22,23)16-8-4-3-5-9-16/h3-11H,12,19H2,1-2H3. The number of nitrogens with zero attached hydrogens (tertiary/aromatic N) is 2. The number of pyridine rings is 1. The minimum absolute atomic E-state index is 0.190. The molecule has 1 aromatic carbocycles. The highest BCUT2D eigenvalue weighted by Crippen LogP contribution is 2.33. The minimum atomic E-state index is -3.66. The van der Waals surface area contributed by atoms with Crippen molar-refractivity contribution in [2.24, 2.45) is 0 Å². The number of anilines is 1. The number of aromatic nitrogens is 2. The highest BCUT2D eigenvalue weighted by Gasteiger charge is 2.28. The van der Waals surface area contributed by atoms with E-state index < -0.39 is 9.84 Å². The molecular formula is C18H19N3O2S. The van der Waals surface area contributed by atoms with E-state index in [0.717, 1.165) is 11.3 Å². The molecule has 0 fully saturated rings. The van der Waals surface area contributed by atoms with Crippen LogP contribution < -0.4 is 5.73 Å². The summed E-state index contributed by atoms with van der Waals surface area (Å²) in [4.78, 5) is 4.53. The number of benzene rings is 1. The van der Waals surface area contributed by atoms with Crippen LogP contribution in [0.3, 0.4) is 0 Å². The lowest BCUT2D eigenvalue weighted by Crippen LogP contribution is -2.09. The number of sulfone groups is 1. The molecule has 0 saturated carbocycles. The molecule has 3 rings (SSSR count). The summed E-state index contributed by atoms with van der Waals surface area (Å²) >= 11 is 0. The SMILES string of the molecule is Cc1c(S(=O)(=O)c2ccccc2)c(N)n(Cc2cccnc2)c1C. The molecule has 0 saturated heterocycles. The van der Waals surface area contributed by atoms with Gasteiger partial charge in [0.25, 0.3) is 0 Å². The molecule has 0 radical (unpaired) electrons. The van der Waals surface area contributed by atoms with Gasteiger partial charge in [0.15, 0.2) is 0 Å². The van der Waals surface area contributed by atoms with Gasteiger partial charge in [0, 0.05) is 18.1 Å². The van der Waals surface area contributed by atoms with E-state index in [4.69, 9.17) is 5.73 Å². The number of hydrogen-bond acceptors (Lipinski definition) is 4. The van der Waals surface area contributed by atoms with Crippen LogP contribution >= 0.6 is 0 Å². The van der Waals surface area contributed by atoms with Crippen LogP contribution in [0.5, 0.6) is 0 Å². The maximum atomic E-state index is 13.0. The fourth-order valence-corrected chi connectivity index (χ4v) is 4.48. The third-order valence-corrected chi connectivity index (χ3v) is 6.14. The zero-order valence-electron chi connectivity index (χ0n) is 13.6. The Labute approximate surface area is 141 Å². The van der Waals surface area contributed by atoms with E-state index in [1.807, 2.05) is 23.6 Å². The summed E-state index contributed by atoms with van der Waals surface area (Å²) in [5.41, 5.74) is 8.72. The van der Waals surface area contributed by atoms with Crippen LogP contribution in [-0.4, -0.2) is 18.0 Å². The van der Waals surface area contributed by atoms with E-state index in [2.05, 4.69) is 4.98 Å². The van der Waals surface area contributed by atoms with Gasteiger partial charge in [-0.1, -0.05) is 24.3 Å². The van der Waals surface area contributed by atoms with Crippen molar-refractivity contribution in [3.8, 4) is 0 Å². The third kappa shape index (κ3) is 2.69. The zero-order chi connectivity index (χ0) is 17.3. The van der Waals surface area contributed by atoms with Crippen molar-refractivity contribution < 1.29 is 8.42 Å². The van der Waals surface area contributed by atoms with Gasteiger partial charge in [0.05, 0.1) is 11.4 Å². The monoisotopic (exact) mass is 341 g/mol. The Morgan fingerprint density at radius 3 is 2.42 bits per heavy atom. The van der Waals surface area contributed by atoms with Crippen LogP contribution in [0.15, 0.2) is 64.6 Å². The predicted molar refractivity (Wildman–Crippen MR) is 93.6 cm³/mol. The molecule has 6 heteroatoms. The first kappa shape index (κ1) is 16.3. The molecule has 0 aliphatic rings. The largest absolute Gasteiger partial charge is 0.384 e. The molecule has 0 atom stereocenters. The Morgan fingerprint density at radius 1 is 1.08 bits per heavy atom. The van der Waals surface area contributed by atoms with Gasteiger partial charge in [0.2, 0.25) is 9.84 Å². The van der Waals surface area contributed by atoms with E-state index in [-0.39, 0.29) is 15.6 Å². The first-order valence-corrected chi connectivity index (χ1v) is 9.05. The van der Waals surface area contributed by atoms with Crippen molar-refractivity contribution in [1.29, 1.82) is 0 Å². The average Bonchev–Trinajstić information content (AvgIpc) is 2.80. The lowest BCUT2D eigenvalue weighted by Gasteiger charge is -2.09. The molecule has 124 valence electrons. The molecule has 0 aliphatic heterocycles. The van der Waals surface area contributed by atoms with E-state index in [0.29, 0.717) is 12.1 Å². The van der Waals surface area contributed by atoms with Crippen molar-refractivity contribution in [1.82, 2.24) is 9.55 Å². The quantitative estimate of drug-likeness (QED) is 0.791. The normalized spacial score (nSPS) is 11.6. The minimum Gasteiger partial charge on any atom is -0.384 e. The molecule has 24 heavy (non-hydrogen) atoms. The molecule has 2 heterocycles. The maximum absolute atomic E-state index is 13.0. The molecule has 2 aromatic heterocycles. The van der Waals surface area contributed by atoms with Gasteiger partial charge in [-0.25, -0.2) is 8.42 Å². The lowest BCUT2D eigenvalue weighted by molar-refractivity contribution is 0.596. The Bertz CT molecular complexity index is 963. The molecule has 3 aromatic rings. The van der Waals surface area contributed by atoms with E-state index >= 15 is 0 Å². The van der Waals surface area contributed by atoms with Crippen LogP contribution in [-0.2, 0) is 16.4 Å². The van der Waals surface area contributed by atoms with Crippen LogP contribution in [0.25, 0.3) is 0 Å². The molecule has 0 unspecified atom stereocenters. The lowest BCUT2D eigenvalue weighted by atomic mass is 10.2. The fourth-order valence-electron chi connectivity index (χ4n) is 2.80. The first-order valence-electron chi connectivity index (χ1n) is 7.57. The number of rotatable bonds is 4. The van der Waals surface area contributed by atoms with Crippen LogP contribution in [0.4, 0.5) is 5.82 Å². The zero-order valence-corrected chi connectivity index (χ0v) is 14.4. The number of hydrogen-bond donors (Lipinski definition) is 1. The average molecular weight is 341 g/mol. The second-order valence-corrected chi connectivity index (χ2v) is 7.58. The van der Waals surface area contributed by atoms with Crippen molar-refractivity contribution >= 4 is 15.7 Å². The topological polar surface area (TPSA) is 78.0 Å². The molecule has 5 nitrogen and oxygen atoms in total. The maximum Gasteiger partial charge on any atom is 0.210 e. The third-order valence-electron chi connectivity index (χ3n) is 4.20. The Kier molecular flexibility index (Phi) is 4.15. The molecule has 0 bridgehead atoms. The molecule has 0 aliphatic carbocycles. The summed E-state index contributed by atoms with van der Waals surface area (Å²) in [6.45, 7) is 4.16. The summed E-state index contributed by atoms with van der Waals surface area (Å²) in [6.07, 6.45) is 3.45. The summed E-state index contributed by atoms with van der Waals surface area (Å²) in [7, 11) is -3.66. The second kappa shape index (κ2) is 6.13. The second-order valence-electron chi connectivity index (χ2n) is 5.69. The summed E-state index contributed by atoms with van der Waals surface area (Å²) in [5, 5.41) is 0. The van der Waals surface area contributed by atoms with Gasteiger partial charge in [-0.05, 0) is 43.2 Å². The van der Waals surface area contributed by atoms with Gasteiger partial charge in [-0.3, -0.25) is 4.98 Å². The summed E-state index contributed by atoms with van der Waals surface area (Å²) < 4.78 is 27.8. The van der Waals surface area contributed by atoms with Gasteiger partial charge in [-0.15, -0.1) is 0 Å². The van der Waals surface area contributed by atoms with Crippen LogP contribution in [0.2, 0.25) is 0 Å². The number of nitrogens with two attached hydrogens (primary N) is 1. The Morgan fingerprint density at radius 2 is 1.79 bits per heavy atom. The summed E-state index contributed by atoms with van der Waals surface area (Å²) in [6, 6.07) is 12.2. The highest BCUT2D eigenvalue weighted by atomic mass is 32.2. The molecular weight excluding hydrogens is 322 g/mol. The van der Waals surface area contributed by atoms with Crippen molar-refractivity contribution in [2.45, 2.75) is 30.2 Å². The highest BCUT2D eigenvalue weighted by molar-refractivity contribution is 7.91. The Balaban J connectivity index is 2.13. The van der Waals surface area contributed by atoms with Gasteiger partial charge in [0.1, 0.15) is 10.7 Å². The molecule has 0 amide bonds. The molecule has 0 spiro atoms. The van der Waals surface area contributed by atoms with E-state index in [1.165, 1.54) is 0 Å². The van der Waals surface area contributed by atoms with Gasteiger partial charge < -0.3 is 10.3 Å². The smallest absolute Gasteiger partial charge is 0.210 e. The van der Waals surface area contributed by atoms with E-state index in [1.54, 1.807) is 49.6 Å². The van der Waals surface area contributed by atoms with Crippen molar-refractivity contribution in [3.63, 3.8) is 0 Å². The van der Waals surface area contributed by atoms with Gasteiger partial charge >= 0.3 is 0 Å². The van der Waals surface area contributed by atoms with Crippen LogP contribution in [0.1, 0.15) is 16.8 Å². The van der Waals surface area contributed by atoms with Crippen molar-refractivity contribution in [3.05, 3.63) is 71.7 Å². The Hall–Kier alpha value is -2.60. The summed E-state index contributed by atoms with van der Waals surface area (Å²) in [5.74, 6) is 0.262. The predicted octanol–water partition coefficient (Wildman–Crippen LogP) is 2.96. The fraction of sp³-hybridized carbons (Fsp3) is 0.167. The van der Waals surface area contributed by atoms with E-state index in [9.17, 15) is 8.42 Å². The number of nitrogen functional groups attached to an aromatic ring is 1. The van der Waals surface area contributed by atoms with Crippen LogP contribution in [0, 0.1) is 13.8 Å². The molecule has 2 N–H and O–H groups in total. The van der Waals surface area contributed by atoms with Gasteiger partial charge in [-0.2, -0.15) is 0 Å². The first-order chi connectivity index (χ1) is 11.4. The van der Waals surface area contributed by atoms with Crippen molar-refractivity contribution in [2.75, 3.05) is 5.73 Å².